The van der Waals surface area contributed by atoms with Crippen molar-refractivity contribution in [3.63, 3.8) is 0 Å². The van der Waals surface area contributed by atoms with Gasteiger partial charge in [0.2, 0.25) is 0 Å². The molecule has 18 heavy (non-hydrogen) atoms. The van der Waals surface area contributed by atoms with Crippen LogP contribution in [0.25, 0.3) is 0 Å². The molecular formula is C15H12O2Se. The fraction of sp³-hybridized carbons (Fsp3) is 0.133. The predicted molar refractivity (Wildman–Crippen MR) is 71.5 cm³/mol. The standard InChI is InChI=1S/C15H12O2Se/c1-9-7-10(2)15-12(8-9)14(16)11-5-3-4-6-13(11)18(15)17/h3-8H,1-2H3. The summed E-state index contributed by atoms with van der Waals surface area (Å²) in [7, 11) is 0. The van der Waals surface area contributed by atoms with E-state index in [1.165, 1.54) is 0 Å². The van der Waals surface area contributed by atoms with Gasteiger partial charge in [-0.1, -0.05) is 0 Å². The Morgan fingerprint density at radius 3 is 2.50 bits per heavy atom. The summed E-state index contributed by atoms with van der Waals surface area (Å²) >= 11 is -2.31. The van der Waals surface area contributed by atoms with Crippen LogP contribution in [0.3, 0.4) is 0 Å². The van der Waals surface area contributed by atoms with Crippen LogP contribution in [-0.4, -0.2) is 19.6 Å². The van der Waals surface area contributed by atoms with Crippen molar-refractivity contribution in [3.8, 4) is 0 Å². The zero-order valence-corrected chi connectivity index (χ0v) is 11.9. The maximum atomic E-state index is 12.6. The molecule has 0 bridgehead atoms. The number of carbonyl (C=O) groups is 1. The molecule has 0 spiro atoms. The minimum absolute atomic E-state index is 0.00301. The zero-order chi connectivity index (χ0) is 12.9. The summed E-state index contributed by atoms with van der Waals surface area (Å²) in [5.41, 5.74) is 3.24. The van der Waals surface area contributed by atoms with Crippen LogP contribution in [0.2, 0.25) is 0 Å². The predicted octanol–water partition coefficient (Wildman–Crippen LogP) is 1.38. The number of carbonyl (C=O) groups excluding carboxylic acids is 1. The second kappa shape index (κ2) is 3.97. The summed E-state index contributed by atoms with van der Waals surface area (Å²) in [5.74, 6) is 0.00301. The first kappa shape index (κ1) is 11.5. The number of ketones is 1. The number of hydrogen-bond donors (Lipinski definition) is 0. The topological polar surface area (TPSA) is 34.1 Å². The number of fused-ring (bicyclic) bond motifs is 2. The van der Waals surface area contributed by atoms with Gasteiger partial charge in [0.25, 0.3) is 0 Å². The Labute approximate surface area is 110 Å². The molecule has 0 fully saturated rings. The van der Waals surface area contributed by atoms with E-state index < -0.39 is 13.8 Å². The van der Waals surface area contributed by atoms with Crippen molar-refractivity contribution in [1.29, 1.82) is 0 Å². The van der Waals surface area contributed by atoms with Crippen LogP contribution < -0.4 is 8.92 Å². The number of aryl methyl sites for hydroxylation is 2. The average Bonchev–Trinajstić information content (AvgIpc) is 2.35. The molecule has 0 amide bonds. The molecule has 1 aliphatic rings. The molecule has 1 unspecified atom stereocenters. The average molecular weight is 303 g/mol. The quantitative estimate of drug-likeness (QED) is 0.588. The van der Waals surface area contributed by atoms with Gasteiger partial charge in [0.1, 0.15) is 0 Å². The molecule has 1 aliphatic heterocycles. The molecule has 0 saturated carbocycles. The van der Waals surface area contributed by atoms with Crippen LogP contribution in [0.4, 0.5) is 0 Å². The molecule has 90 valence electrons. The Hall–Kier alpha value is -1.57. The van der Waals surface area contributed by atoms with E-state index in [9.17, 15) is 8.63 Å². The molecule has 3 rings (SSSR count). The SMILES string of the molecule is Cc1cc(C)c2c(c1)C(=O)c1ccccc1[Se]2=O. The summed E-state index contributed by atoms with van der Waals surface area (Å²) < 4.78 is 14.1. The summed E-state index contributed by atoms with van der Waals surface area (Å²) in [6, 6.07) is 11.1. The molecule has 2 aromatic carbocycles. The van der Waals surface area contributed by atoms with Crippen molar-refractivity contribution in [2.45, 2.75) is 13.8 Å². The first-order valence-electron chi connectivity index (χ1n) is 5.76. The molecule has 1 atom stereocenters. The van der Waals surface area contributed by atoms with Crippen molar-refractivity contribution in [2.75, 3.05) is 0 Å². The third-order valence-corrected chi connectivity index (χ3v) is 6.68. The first-order chi connectivity index (χ1) is 8.59. The van der Waals surface area contributed by atoms with Crippen molar-refractivity contribution < 1.29 is 8.63 Å². The minimum atomic E-state index is -2.31. The summed E-state index contributed by atoms with van der Waals surface area (Å²) in [6.45, 7) is 3.89. The van der Waals surface area contributed by atoms with Gasteiger partial charge in [-0.05, 0) is 0 Å². The molecular weight excluding hydrogens is 291 g/mol. The van der Waals surface area contributed by atoms with Crippen LogP contribution in [0.1, 0.15) is 27.0 Å². The molecule has 0 aromatic heterocycles. The van der Waals surface area contributed by atoms with Gasteiger partial charge in [0.15, 0.2) is 0 Å². The molecule has 1 heterocycles. The van der Waals surface area contributed by atoms with Gasteiger partial charge in [-0.3, -0.25) is 0 Å². The van der Waals surface area contributed by atoms with Crippen LogP contribution in [0.5, 0.6) is 0 Å². The molecule has 0 aliphatic carbocycles. The fourth-order valence-corrected chi connectivity index (χ4v) is 5.56. The molecule has 0 N–H and O–H groups in total. The molecule has 0 radical (unpaired) electrons. The van der Waals surface area contributed by atoms with E-state index in [0.29, 0.717) is 11.1 Å². The Balaban J connectivity index is 2.37. The van der Waals surface area contributed by atoms with Crippen molar-refractivity contribution in [1.82, 2.24) is 0 Å². The van der Waals surface area contributed by atoms with Crippen LogP contribution in [-0.2, 0) is 3.83 Å². The van der Waals surface area contributed by atoms with Gasteiger partial charge >= 0.3 is 110 Å². The van der Waals surface area contributed by atoms with E-state index >= 15 is 0 Å². The van der Waals surface area contributed by atoms with Crippen molar-refractivity contribution in [2.24, 2.45) is 0 Å². The Morgan fingerprint density at radius 1 is 1.00 bits per heavy atom. The van der Waals surface area contributed by atoms with Gasteiger partial charge in [-0.15, -0.1) is 0 Å². The number of rotatable bonds is 0. The van der Waals surface area contributed by atoms with Gasteiger partial charge in [0, 0.05) is 0 Å². The van der Waals surface area contributed by atoms with Gasteiger partial charge in [-0.25, -0.2) is 0 Å². The van der Waals surface area contributed by atoms with Crippen molar-refractivity contribution in [3.05, 3.63) is 58.7 Å². The Kier molecular flexibility index (Phi) is 2.54. The van der Waals surface area contributed by atoms with Crippen LogP contribution in [0, 0.1) is 13.8 Å². The van der Waals surface area contributed by atoms with E-state index in [0.717, 1.165) is 20.1 Å². The monoisotopic (exact) mass is 304 g/mol. The van der Waals surface area contributed by atoms with E-state index in [1.54, 1.807) is 6.07 Å². The summed E-state index contributed by atoms with van der Waals surface area (Å²) in [4.78, 5) is 12.4. The summed E-state index contributed by atoms with van der Waals surface area (Å²) in [6.07, 6.45) is 0. The molecule has 3 heteroatoms. The molecule has 0 saturated heterocycles. The molecule has 2 aromatic rings. The fourth-order valence-electron chi connectivity index (χ4n) is 2.44. The third kappa shape index (κ3) is 1.52. The van der Waals surface area contributed by atoms with Crippen molar-refractivity contribution >= 4 is 28.5 Å². The van der Waals surface area contributed by atoms with Gasteiger partial charge < -0.3 is 0 Å². The van der Waals surface area contributed by atoms with Crippen LogP contribution >= 0.6 is 0 Å². The maximum absolute atomic E-state index is 12.6. The Morgan fingerprint density at radius 2 is 1.72 bits per heavy atom. The molecule has 2 nitrogen and oxygen atoms in total. The van der Waals surface area contributed by atoms with Gasteiger partial charge in [0.05, 0.1) is 0 Å². The van der Waals surface area contributed by atoms with E-state index in [2.05, 4.69) is 0 Å². The van der Waals surface area contributed by atoms with Crippen LogP contribution in [0.15, 0.2) is 36.4 Å². The number of hydrogen-bond acceptors (Lipinski definition) is 2. The second-order valence-corrected chi connectivity index (χ2v) is 7.46. The zero-order valence-electron chi connectivity index (χ0n) is 10.2. The van der Waals surface area contributed by atoms with Gasteiger partial charge in [-0.2, -0.15) is 0 Å². The third-order valence-electron chi connectivity index (χ3n) is 3.18. The first-order valence-corrected chi connectivity index (χ1v) is 8.17. The Bertz CT molecular complexity index is 702. The van der Waals surface area contributed by atoms with E-state index in [4.69, 9.17) is 0 Å². The second-order valence-electron chi connectivity index (χ2n) is 4.55. The number of benzene rings is 2. The summed E-state index contributed by atoms with van der Waals surface area (Å²) in [5, 5.41) is 0. The van der Waals surface area contributed by atoms with E-state index in [-0.39, 0.29) is 5.78 Å². The van der Waals surface area contributed by atoms with E-state index in [1.807, 2.05) is 44.2 Å². The normalized spacial score (nSPS) is 17.2.